The third-order valence-electron chi connectivity index (χ3n) is 3.13. The fourth-order valence-electron chi connectivity index (χ4n) is 1.92. The van der Waals surface area contributed by atoms with Gasteiger partial charge in [0.15, 0.2) is 0 Å². The van der Waals surface area contributed by atoms with E-state index in [-0.39, 0.29) is 4.90 Å². The van der Waals surface area contributed by atoms with Crippen LogP contribution in [0.25, 0.3) is 0 Å². The molecule has 1 atom stereocenters. The van der Waals surface area contributed by atoms with Gasteiger partial charge in [-0.3, -0.25) is 0 Å². The molecule has 0 heterocycles. The standard InChI is InChI=1S/C15H13Cl4NO2S/c1-10-2-4-11(5-3-10)14(15(17,18)19)20-23(21,22)13-8-6-12(16)7-9-13/h2-9,14,20H,1H3/t14-/m1/s1. The third kappa shape index (κ3) is 4.99. The molecule has 124 valence electrons. The molecule has 0 fully saturated rings. The minimum atomic E-state index is -3.88. The van der Waals surface area contributed by atoms with Crippen molar-refractivity contribution in [3.8, 4) is 0 Å². The summed E-state index contributed by atoms with van der Waals surface area (Å²) in [6, 6.07) is 11.8. The Bertz CT molecular complexity index is 769. The molecular weight excluding hydrogens is 400 g/mol. The number of sulfonamides is 1. The van der Waals surface area contributed by atoms with Crippen molar-refractivity contribution in [2.45, 2.75) is 21.7 Å². The van der Waals surface area contributed by atoms with Crippen LogP contribution in [0.1, 0.15) is 17.2 Å². The Hall–Kier alpha value is -0.490. The predicted molar refractivity (Wildman–Crippen MR) is 96.0 cm³/mol. The summed E-state index contributed by atoms with van der Waals surface area (Å²) in [6.45, 7) is 1.91. The summed E-state index contributed by atoms with van der Waals surface area (Å²) in [7, 11) is -3.88. The van der Waals surface area contributed by atoms with E-state index < -0.39 is 19.9 Å². The molecule has 2 aromatic rings. The Morgan fingerprint density at radius 1 is 0.957 bits per heavy atom. The number of halogens is 4. The second kappa shape index (κ2) is 7.18. The van der Waals surface area contributed by atoms with Crippen molar-refractivity contribution in [2.75, 3.05) is 0 Å². The van der Waals surface area contributed by atoms with E-state index in [1.165, 1.54) is 24.3 Å². The number of aryl methyl sites for hydroxylation is 1. The summed E-state index contributed by atoms with van der Waals surface area (Å²) in [5.74, 6) is 0. The second-order valence-electron chi connectivity index (χ2n) is 4.96. The highest BCUT2D eigenvalue weighted by atomic mass is 35.6. The van der Waals surface area contributed by atoms with Crippen LogP contribution in [0.3, 0.4) is 0 Å². The van der Waals surface area contributed by atoms with E-state index in [2.05, 4.69) is 4.72 Å². The normalized spacial score (nSPS) is 13.8. The van der Waals surface area contributed by atoms with Gasteiger partial charge < -0.3 is 0 Å². The Labute approximate surface area is 155 Å². The van der Waals surface area contributed by atoms with Gasteiger partial charge >= 0.3 is 0 Å². The van der Waals surface area contributed by atoms with Gasteiger partial charge in [0.1, 0.15) is 0 Å². The molecule has 0 aliphatic heterocycles. The summed E-state index contributed by atoms with van der Waals surface area (Å²) in [5, 5.41) is 0.431. The molecule has 0 unspecified atom stereocenters. The van der Waals surface area contributed by atoms with E-state index in [1.54, 1.807) is 12.1 Å². The van der Waals surface area contributed by atoms with Gasteiger partial charge in [0, 0.05) is 5.02 Å². The van der Waals surface area contributed by atoms with Crippen LogP contribution in [0.5, 0.6) is 0 Å². The maximum Gasteiger partial charge on any atom is 0.241 e. The number of nitrogens with one attached hydrogen (secondary N) is 1. The largest absolute Gasteiger partial charge is 0.241 e. The van der Waals surface area contributed by atoms with Crippen molar-refractivity contribution in [3.05, 3.63) is 64.7 Å². The highest BCUT2D eigenvalue weighted by Gasteiger charge is 2.37. The zero-order chi connectivity index (χ0) is 17.3. The van der Waals surface area contributed by atoms with Crippen molar-refractivity contribution in [1.82, 2.24) is 4.72 Å². The molecule has 2 aromatic carbocycles. The lowest BCUT2D eigenvalue weighted by Crippen LogP contribution is -2.36. The van der Waals surface area contributed by atoms with Gasteiger partial charge in [-0.25, -0.2) is 8.42 Å². The fraction of sp³-hybridized carbons (Fsp3) is 0.200. The molecule has 8 heteroatoms. The van der Waals surface area contributed by atoms with Crippen molar-refractivity contribution in [3.63, 3.8) is 0 Å². The first-order valence-corrected chi connectivity index (χ1v) is 9.50. The van der Waals surface area contributed by atoms with Crippen LogP contribution in [0.2, 0.25) is 5.02 Å². The molecule has 0 spiro atoms. The average molecular weight is 413 g/mol. The SMILES string of the molecule is Cc1ccc([C@@H](NS(=O)(=O)c2ccc(Cl)cc2)C(Cl)(Cl)Cl)cc1. The Kier molecular flexibility index (Phi) is 5.88. The maximum absolute atomic E-state index is 12.5. The molecule has 23 heavy (non-hydrogen) atoms. The summed E-state index contributed by atoms with van der Waals surface area (Å²) in [5.41, 5.74) is 1.56. The van der Waals surface area contributed by atoms with Gasteiger partial charge in [0.25, 0.3) is 0 Å². The molecule has 1 N–H and O–H groups in total. The maximum atomic E-state index is 12.5. The Morgan fingerprint density at radius 2 is 1.48 bits per heavy atom. The van der Waals surface area contributed by atoms with Gasteiger partial charge in [-0.05, 0) is 36.8 Å². The molecule has 0 aromatic heterocycles. The Balaban J connectivity index is 2.38. The minimum absolute atomic E-state index is 0.0354. The topological polar surface area (TPSA) is 46.2 Å². The molecule has 0 bridgehead atoms. The van der Waals surface area contributed by atoms with Crippen LogP contribution in [0.15, 0.2) is 53.4 Å². The zero-order valence-electron chi connectivity index (χ0n) is 11.9. The molecule has 0 aliphatic rings. The summed E-state index contributed by atoms with van der Waals surface area (Å²) in [6.07, 6.45) is 0. The molecule has 3 nitrogen and oxygen atoms in total. The van der Waals surface area contributed by atoms with E-state index in [9.17, 15) is 8.42 Å². The van der Waals surface area contributed by atoms with Gasteiger partial charge in [-0.1, -0.05) is 76.2 Å². The first-order chi connectivity index (χ1) is 10.6. The zero-order valence-corrected chi connectivity index (χ0v) is 15.8. The lowest BCUT2D eigenvalue weighted by atomic mass is 10.1. The molecule has 2 rings (SSSR count). The van der Waals surface area contributed by atoms with Crippen LogP contribution in [0.4, 0.5) is 0 Å². The van der Waals surface area contributed by atoms with Gasteiger partial charge in [-0.15, -0.1) is 0 Å². The highest BCUT2D eigenvalue weighted by Crippen LogP contribution is 2.40. The van der Waals surface area contributed by atoms with E-state index >= 15 is 0 Å². The number of benzene rings is 2. The Morgan fingerprint density at radius 3 is 1.96 bits per heavy atom. The molecule has 0 amide bonds. The van der Waals surface area contributed by atoms with Crippen molar-refractivity contribution >= 4 is 56.4 Å². The van der Waals surface area contributed by atoms with Crippen molar-refractivity contribution in [2.24, 2.45) is 0 Å². The van der Waals surface area contributed by atoms with Crippen LogP contribution in [-0.4, -0.2) is 12.2 Å². The number of rotatable bonds is 4. The first-order valence-electron chi connectivity index (χ1n) is 6.51. The van der Waals surface area contributed by atoms with Crippen LogP contribution < -0.4 is 4.72 Å². The highest BCUT2D eigenvalue weighted by molar-refractivity contribution is 7.89. The minimum Gasteiger partial charge on any atom is -0.207 e. The summed E-state index contributed by atoms with van der Waals surface area (Å²) in [4.78, 5) is 0.0354. The van der Waals surface area contributed by atoms with Crippen LogP contribution in [0, 0.1) is 6.92 Å². The van der Waals surface area contributed by atoms with Crippen molar-refractivity contribution < 1.29 is 8.42 Å². The van der Waals surface area contributed by atoms with Crippen LogP contribution in [-0.2, 0) is 10.0 Å². The second-order valence-corrected chi connectivity index (χ2v) is 9.48. The smallest absolute Gasteiger partial charge is 0.207 e. The molecule has 0 radical (unpaired) electrons. The number of hydrogen-bond acceptors (Lipinski definition) is 2. The fourth-order valence-corrected chi connectivity index (χ4v) is 4.04. The molecule has 0 saturated carbocycles. The summed E-state index contributed by atoms with van der Waals surface area (Å²) < 4.78 is 25.6. The lowest BCUT2D eigenvalue weighted by Gasteiger charge is -2.26. The number of alkyl halides is 3. The van der Waals surface area contributed by atoms with Gasteiger partial charge in [0.2, 0.25) is 13.8 Å². The quantitative estimate of drug-likeness (QED) is 0.715. The molecule has 0 saturated heterocycles. The number of hydrogen-bond donors (Lipinski definition) is 1. The van der Waals surface area contributed by atoms with Gasteiger partial charge in [0.05, 0.1) is 10.9 Å². The predicted octanol–water partition coefficient (Wildman–Crippen LogP) is 5.04. The first kappa shape index (κ1) is 18.8. The monoisotopic (exact) mass is 411 g/mol. The van der Waals surface area contributed by atoms with E-state index in [0.29, 0.717) is 10.6 Å². The summed E-state index contributed by atoms with van der Waals surface area (Å²) >= 11 is 23.7. The third-order valence-corrected chi connectivity index (χ3v) is 5.48. The van der Waals surface area contributed by atoms with Gasteiger partial charge in [-0.2, -0.15) is 4.72 Å². The molecule has 0 aliphatic carbocycles. The molecular formula is C15H13Cl4NO2S. The lowest BCUT2D eigenvalue weighted by molar-refractivity contribution is 0.558. The van der Waals surface area contributed by atoms with E-state index in [1.807, 2.05) is 19.1 Å². The van der Waals surface area contributed by atoms with E-state index in [0.717, 1.165) is 5.56 Å². The van der Waals surface area contributed by atoms with Crippen molar-refractivity contribution in [1.29, 1.82) is 0 Å². The van der Waals surface area contributed by atoms with Crippen LogP contribution >= 0.6 is 46.4 Å². The van der Waals surface area contributed by atoms with E-state index in [4.69, 9.17) is 46.4 Å². The average Bonchev–Trinajstić information content (AvgIpc) is 2.45.